The number of rotatable bonds is 5. The molecule has 1 heterocycles. The Labute approximate surface area is 139 Å². The fourth-order valence-electron chi connectivity index (χ4n) is 2.87. The quantitative estimate of drug-likeness (QED) is 0.892. The Morgan fingerprint density at radius 1 is 1.17 bits per heavy atom. The van der Waals surface area contributed by atoms with Crippen LogP contribution in [0.15, 0.2) is 24.3 Å². The second kappa shape index (κ2) is 7.98. The highest BCUT2D eigenvalue weighted by Gasteiger charge is 2.30. The number of carbonyl (C=O) groups excluding carboxylic acids is 1. The summed E-state index contributed by atoms with van der Waals surface area (Å²) in [6.07, 6.45) is -4.06. The van der Waals surface area contributed by atoms with Crippen LogP contribution in [0, 0.1) is 0 Å². The molecule has 1 fully saturated rings. The summed E-state index contributed by atoms with van der Waals surface area (Å²) in [4.78, 5) is 16.2. The van der Waals surface area contributed by atoms with Gasteiger partial charge in [0, 0.05) is 39.1 Å². The topological polar surface area (TPSA) is 43.8 Å². The summed E-state index contributed by atoms with van der Waals surface area (Å²) < 4.78 is 37.7. The fraction of sp³-hybridized carbons (Fsp3) is 0.588. The molecule has 0 saturated carbocycles. The smallest absolute Gasteiger partial charge is 0.395 e. The fourth-order valence-corrected chi connectivity index (χ4v) is 2.87. The lowest BCUT2D eigenvalue weighted by Crippen LogP contribution is -2.49. The number of halogens is 3. The molecule has 1 aromatic carbocycles. The summed E-state index contributed by atoms with van der Waals surface area (Å²) in [6.45, 7) is 5.30. The SMILES string of the molecule is C[C@H](CC(=O)N1CCN(CCO)CC1)c1ccc(C(F)(F)F)cc1. The molecule has 1 amide bonds. The van der Waals surface area contributed by atoms with E-state index in [1.165, 1.54) is 12.1 Å². The van der Waals surface area contributed by atoms with Gasteiger partial charge in [0.1, 0.15) is 0 Å². The van der Waals surface area contributed by atoms with E-state index in [-0.39, 0.29) is 24.9 Å². The highest BCUT2D eigenvalue weighted by Crippen LogP contribution is 2.30. The lowest BCUT2D eigenvalue weighted by Gasteiger charge is -2.34. The van der Waals surface area contributed by atoms with E-state index in [4.69, 9.17) is 5.11 Å². The Morgan fingerprint density at radius 3 is 2.25 bits per heavy atom. The summed E-state index contributed by atoms with van der Waals surface area (Å²) in [5, 5.41) is 8.92. The van der Waals surface area contributed by atoms with Gasteiger partial charge in [0.15, 0.2) is 0 Å². The zero-order valence-electron chi connectivity index (χ0n) is 13.7. The first-order valence-corrected chi connectivity index (χ1v) is 8.09. The molecule has 1 atom stereocenters. The molecule has 1 aliphatic rings. The average molecular weight is 344 g/mol. The monoisotopic (exact) mass is 344 g/mol. The van der Waals surface area contributed by atoms with Crippen LogP contribution in [0.25, 0.3) is 0 Å². The van der Waals surface area contributed by atoms with E-state index < -0.39 is 11.7 Å². The van der Waals surface area contributed by atoms with Crippen LogP contribution in [0.1, 0.15) is 30.4 Å². The molecule has 2 rings (SSSR count). The molecule has 24 heavy (non-hydrogen) atoms. The zero-order valence-corrected chi connectivity index (χ0v) is 13.7. The number of hydrogen-bond donors (Lipinski definition) is 1. The molecule has 1 saturated heterocycles. The molecule has 0 spiro atoms. The number of aliphatic hydroxyl groups is 1. The molecule has 0 bridgehead atoms. The van der Waals surface area contributed by atoms with Crippen molar-refractivity contribution in [3.63, 3.8) is 0 Å². The normalized spacial score (nSPS) is 17.8. The van der Waals surface area contributed by atoms with E-state index in [1.807, 2.05) is 6.92 Å². The number of benzene rings is 1. The molecule has 7 heteroatoms. The Kier molecular flexibility index (Phi) is 6.23. The van der Waals surface area contributed by atoms with Gasteiger partial charge in [0.25, 0.3) is 0 Å². The van der Waals surface area contributed by atoms with Crippen LogP contribution >= 0.6 is 0 Å². The number of alkyl halides is 3. The minimum Gasteiger partial charge on any atom is -0.395 e. The van der Waals surface area contributed by atoms with Crippen LogP contribution in [-0.4, -0.2) is 60.1 Å². The van der Waals surface area contributed by atoms with Crippen molar-refractivity contribution in [2.45, 2.75) is 25.4 Å². The van der Waals surface area contributed by atoms with E-state index in [0.29, 0.717) is 19.6 Å². The molecule has 134 valence electrons. The first-order valence-electron chi connectivity index (χ1n) is 8.09. The molecule has 0 aromatic heterocycles. The Hall–Kier alpha value is -1.60. The molecule has 1 aliphatic heterocycles. The standard InChI is InChI=1S/C17H23F3N2O2/c1-13(14-2-4-15(5-3-14)17(18,19)20)12-16(24)22-8-6-21(7-9-22)10-11-23/h2-5,13,23H,6-12H2,1H3/t13-/m1/s1. The van der Waals surface area contributed by atoms with Crippen LogP contribution in [0.3, 0.4) is 0 Å². The first-order chi connectivity index (χ1) is 11.3. The third kappa shape index (κ3) is 4.95. The highest BCUT2D eigenvalue weighted by atomic mass is 19.4. The maximum atomic E-state index is 12.6. The number of carbonyl (C=O) groups is 1. The Morgan fingerprint density at radius 2 is 1.75 bits per heavy atom. The molecule has 1 N–H and O–H groups in total. The number of hydrogen-bond acceptors (Lipinski definition) is 3. The molecule has 4 nitrogen and oxygen atoms in total. The van der Waals surface area contributed by atoms with Crippen molar-refractivity contribution in [2.24, 2.45) is 0 Å². The van der Waals surface area contributed by atoms with Gasteiger partial charge in [-0.25, -0.2) is 0 Å². The second-order valence-electron chi connectivity index (χ2n) is 6.17. The van der Waals surface area contributed by atoms with E-state index in [2.05, 4.69) is 4.90 Å². The molecular formula is C17H23F3N2O2. The minimum atomic E-state index is -4.34. The maximum Gasteiger partial charge on any atom is 0.416 e. The first kappa shape index (κ1) is 18.7. The van der Waals surface area contributed by atoms with Crippen molar-refractivity contribution in [2.75, 3.05) is 39.3 Å². The average Bonchev–Trinajstić information content (AvgIpc) is 2.55. The number of β-amino-alcohol motifs (C(OH)–C–C–N with tert-alkyl or cyclic N) is 1. The van der Waals surface area contributed by atoms with E-state index in [9.17, 15) is 18.0 Å². The molecule has 0 unspecified atom stereocenters. The number of amides is 1. The predicted molar refractivity (Wildman–Crippen MR) is 84.6 cm³/mol. The van der Waals surface area contributed by atoms with E-state index in [0.717, 1.165) is 30.8 Å². The minimum absolute atomic E-state index is 0.0195. The van der Waals surface area contributed by atoms with Crippen molar-refractivity contribution in [3.8, 4) is 0 Å². The third-order valence-corrected chi connectivity index (χ3v) is 4.43. The number of piperazine rings is 1. The van der Waals surface area contributed by atoms with E-state index >= 15 is 0 Å². The lowest BCUT2D eigenvalue weighted by atomic mass is 9.96. The van der Waals surface area contributed by atoms with Crippen molar-refractivity contribution in [3.05, 3.63) is 35.4 Å². The van der Waals surface area contributed by atoms with Gasteiger partial charge < -0.3 is 10.0 Å². The van der Waals surface area contributed by atoms with Gasteiger partial charge in [-0.05, 0) is 23.6 Å². The second-order valence-corrected chi connectivity index (χ2v) is 6.17. The highest BCUT2D eigenvalue weighted by molar-refractivity contribution is 5.77. The van der Waals surface area contributed by atoms with Gasteiger partial charge in [-0.15, -0.1) is 0 Å². The summed E-state index contributed by atoms with van der Waals surface area (Å²) in [7, 11) is 0. The van der Waals surface area contributed by atoms with Gasteiger partial charge in [-0.1, -0.05) is 19.1 Å². The van der Waals surface area contributed by atoms with Gasteiger partial charge in [0.2, 0.25) is 5.91 Å². The van der Waals surface area contributed by atoms with Gasteiger partial charge >= 0.3 is 6.18 Å². The maximum absolute atomic E-state index is 12.6. The van der Waals surface area contributed by atoms with Crippen molar-refractivity contribution >= 4 is 5.91 Å². The van der Waals surface area contributed by atoms with Crippen LogP contribution in [0.5, 0.6) is 0 Å². The summed E-state index contributed by atoms with van der Waals surface area (Å²) in [5.74, 6) is -0.110. The van der Waals surface area contributed by atoms with Gasteiger partial charge in [-0.3, -0.25) is 9.69 Å². The van der Waals surface area contributed by atoms with Crippen LogP contribution < -0.4 is 0 Å². The Balaban J connectivity index is 1.88. The molecule has 1 aromatic rings. The van der Waals surface area contributed by atoms with Gasteiger partial charge in [0.05, 0.1) is 12.2 Å². The number of aliphatic hydroxyl groups excluding tert-OH is 1. The molecule has 0 aliphatic carbocycles. The Bertz CT molecular complexity index is 538. The van der Waals surface area contributed by atoms with Gasteiger partial charge in [-0.2, -0.15) is 13.2 Å². The summed E-state index contributed by atoms with van der Waals surface area (Å²) >= 11 is 0. The predicted octanol–water partition coefficient (Wildman–Crippen LogP) is 2.34. The zero-order chi connectivity index (χ0) is 17.7. The van der Waals surface area contributed by atoms with Crippen LogP contribution in [0.2, 0.25) is 0 Å². The largest absolute Gasteiger partial charge is 0.416 e. The van der Waals surface area contributed by atoms with Crippen molar-refractivity contribution in [1.82, 2.24) is 9.80 Å². The summed E-state index contributed by atoms with van der Waals surface area (Å²) in [6, 6.07) is 5.01. The van der Waals surface area contributed by atoms with E-state index in [1.54, 1.807) is 4.90 Å². The molecular weight excluding hydrogens is 321 g/mol. The third-order valence-electron chi connectivity index (χ3n) is 4.43. The molecule has 0 radical (unpaired) electrons. The van der Waals surface area contributed by atoms with Crippen molar-refractivity contribution < 1.29 is 23.1 Å². The van der Waals surface area contributed by atoms with Crippen LogP contribution in [0.4, 0.5) is 13.2 Å². The van der Waals surface area contributed by atoms with Crippen molar-refractivity contribution in [1.29, 1.82) is 0 Å². The number of nitrogens with zero attached hydrogens (tertiary/aromatic N) is 2. The van der Waals surface area contributed by atoms with Crippen LogP contribution in [-0.2, 0) is 11.0 Å². The summed E-state index contributed by atoms with van der Waals surface area (Å²) in [5.41, 5.74) is 0.0556. The lowest BCUT2D eigenvalue weighted by molar-refractivity contribution is -0.137.